The second kappa shape index (κ2) is 6.55. The third-order valence-corrected chi connectivity index (χ3v) is 4.44. The van der Waals surface area contributed by atoms with E-state index in [1.54, 1.807) is 14.2 Å². The molecule has 1 aliphatic rings. The first-order valence-electron chi connectivity index (χ1n) is 8.10. The average molecular weight is 329 g/mol. The Balaban J connectivity index is 1.99. The highest BCUT2D eigenvalue weighted by molar-refractivity contribution is 5.94. The molecule has 2 heterocycles. The van der Waals surface area contributed by atoms with E-state index in [2.05, 4.69) is 5.10 Å². The second-order valence-corrected chi connectivity index (χ2v) is 6.16. The molecule has 6 heteroatoms. The smallest absolute Gasteiger partial charge is 0.231 e. The summed E-state index contributed by atoms with van der Waals surface area (Å²) in [5, 5.41) is 4.51. The third kappa shape index (κ3) is 2.96. The summed E-state index contributed by atoms with van der Waals surface area (Å²) in [6.07, 6.45) is 0.795. The van der Waals surface area contributed by atoms with Gasteiger partial charge in [-0.15, -0.1) is 0 Å². The van der Waals surface area contributed by atoms with Crippen molar-refractivity contribution >= 4 is 11.7 Å². The Kier molecular flexibility index (Phi) is 4.46. The van der Waals surface area contributed by atoms with Crippen molar-refractivity contribution in [1.82, 2.24) is 9.78 Å². The summed E-state index contributed by atoms with van der Waals surface area (Å²) in [5.41, 5.74) is 1.85. The number of hydrogen-bond acceptors (Lipinski definition) is 4. The van der Waals surface area contributed by atoms with E-state index in [4.69, 9.17) is 9.47 Å². The molecule has 0 N–H and O–H groups in total. The standard InChI is InChI=1S/C18H23N3O3/c1-12-7-8-21-17(9-13(2)19-21)20(18(12)22)11-14-5-6-15(23-3)10-16(14)24-4/h5-6,9-10,12H,7-8,11H2,1-4H3. The first-order valence-corrected chi connectivity index (χ1v) is 8.10. The molecule has 0 spiro atoms. The molecule has 1 amide bonds. The van der Waals surface area contributed by atoms with Gasteiger partial charge in [-0.3, -0.25) is 9.69 Å². The number of carbonyl (C=O) groups excluding carboxylic acids is 1. The van der Waals surface area contributed by atoms with Crippen molar-refractivity contribution < 1.29 is 14.3 Å². The van der Waals surface area contributed by atoms with Crippen molar-refractivity contribution in [3.05, 3.63) is 35.5 Å². The van der Waals surface area contributed by atoms with Crippen LogP contribution in [0.5, 0.6) is 11.5 Å². The van der Waals surface area contributed by atoms with Gasteiger partial charge in [-0.05, 0) is 25.5 Å². The molecular formula is C18H23N3O3. The molecular weight excluding hydrogens is 306 g/mol. The lowest BCUT2D eigenvalue weighted by molar-refractivity contribution is -0.122. The lowest BCUT2D eigenvalue weighted by atomic mass is 10.1. The predicted octanol–water partition coefficient (Wildman–Crippen LogP) is 2.78. The van der Waals surface area contributed by atoms with Gasteiger partial charge in [0.05, 0.1) is 26.5 Å². The van der Waals surface area contributed by atoms with Crippen LogP contribution in [-0.2, 0) is 17.9 Å². The van der Waals surface area contributed by atoms with Crippen molar-refractivity contribution in [1.29, 1.82) is 0 Å². The molecule has 0 fully saturated rings. The number of rotatable bonds is 4. The maximum Gasteiger partial charge on any atom is 0.231 e. The number of amides is 1. The Hall–Kier alpha value is -2.50. The summed E-state index contributed by atoms with van der Waals surface area (Å²) in [6.45, 7) is 5.12. The van der Waals surface area contributed by atoms with Gasteiger partial charge in [-0.1, -0.05) is 6.92 Å². The van der Waals surface area contributed by atoms with Gasteiger partial charge in [0.15, 0.2) is 0 Å². The molecule has 0 bridgehead atoms. The fourth-order valence-electron chi connectivity index (χ4n) is 3.04. The molecule has 1 atom stereocenters. The van der Waals surface area contributed by atoms with Gasteiger partial charge in [-0.2, -0.15) is 5.10 Å². The number of ether oxygens (including phenoxy) is 2. The number of fused-ring (bicyclic) bond motifs is 1. The number of carbonyl (C=O) groups is 1. The Bertz CT molecular complexity index is 754. The number of aromatic nitrogens is 2. The maximum absolute atomic E-state index is 12.9. The van der Waals surface area contributed by atoms with Crippen LogP contribution in [0.1, 0.15) is 24.6 Å². The Morgan fingerprint density at radius 1 is 1.25 bits per heavy atom. The molecule has 1 aromatic heterocycles. The predicted molar refractivity (Wildman–Crippen MR) is 91.5 cm³/mol. The highest BCUT2D eigenvalue weighted by atomic mass is 16.5. The fraction of sp³-hybridized carbons (Fsp3) is 0.444. The van der Waals surface area contributed by atoms with Gasteiger partial charge in [0.1, 0.15) is 17.3 Å². The number of aryl methyl sites for hydroxylation is 2. The quantitative estimate of drug-likeness (QED) is 0.865. The zero-order valence-corrected chi connectivity index (χ0v) is 14.6. The van der Waals surface area contributed by atoms with Crippen molar-refractivity contribution in [3.63, 3.8) is 0 Å². The molecule has 0 saturated carbocycles. The first kappa shape index (κ1) is 16.4. The minimum absolute atomic E-state index is 0.0313. The van der Waals surface area contributed by atoms with Crippen LogP contribution in [0.3, 0.4) is 0 Å². The highest BCUT2D eigenvalue weighted by Crippen LogP contribution is 2.30. The first-order chi connectivity index (χ1) is 11.5. The summed E-state index contributed by atoms with van der Waals surface area (Å²) in [7, 11) is 3.25. The number of anilines is 1. The Labute approximate surface area is 142 Å². The van der Waals surface area contributed by atoms with E-state index < -0.39 is 0 Å². The van der Waals surface area contributed by atoms with Crippen LogP contribution in [0.4, 0.5) is 5.82 Å². The lowest BCUT2D eigenvalue weighted by Crippen LogP contribution is -2.34. The monoisotopic (exact) mass is 329 g/mol. The van der Waals surface area contributed by atoms with Crippen LogP contribution in [0, 0.1) is 12.8 Å². The molecule has 0 aliphatic carbocycles. The summed E-state index contributed by atoms with van der Waals surface area (Å²) >= 11 is 0. The van der Waals surface area contributed by atoms with Gasteiger partial charge >= 0.3 is 0 Å². The normalized spacial score (nSPS) is 17.4. The van der Waals surface area contributed by atoms with Gasteiger partial charge < -0.3 is 9.47 Å². The van der Waals surface area contributed by atoms with Crippen molar-refractivity contribution in [2.75, 3.05) is 19.1 Å². The molecule has 128 valence electrons. The average Bonchev–Trinajstić information content (AvgIpc) is 2.92. The Morgan fingerprint density at radius 3 is 2.75 bits per heavy atom. The van der Waals surface area contributed by atoms with Crippen molar-refractivity contribution in [2.45, 2.75) is 33.4 Å². The molecule has 3 rings (SSSR count). The Morgan fingerprint density at radius 2 is 2.04 bits per heavy atom. The summed E-state index contributed by atoms with van der Waals surface area (Å²) in [5.74, 6) is 2.37. The van der Waals surface area contributed by atoms with Crippen molar-refractivity contribution in [3.8, 4) is 11.5 Å². The fourth-order valence-corrected chi connectivity index (χ4v) is 3.04. The van der Waals surface area contributed by atoms with Crippen molar-refractivity contribution in [2.24, 2.45) is 5.92 Å². The number of hydrogen-bond donors (Lipinski definition) is 0. The number of nitrogens with zero attached hydrogens (tertiary/aromatic N) is 3. The maximum atomic E-state index is 12.9. The number of methoxy groups -OCH3 is 2. The van der Waals surface area contributed by atoms with Crippen LogP contribution < -0.4 is 14.4 Å². The second-order valence-electron chi connectivity index (χ2n) is 6.16. The minimum atomic E-state index is -0.0313. The SMILES string of the molecule is COc1ccc(CN2C(=O)C(C)CCn3nc(C)cc32)c(OC)c1. The van der Waals surface area contributed by atoms with Crippen LogP contribution in [0.15, 0.2) is 24.3 Å². The largest absolute Gasteiger partial charge is 0.497 e. The molecule has 1 unspecified atom stereocenters. The summed E-state index contributed by atoms with van der Waals surface area (Å²) in [6, 6.07) is 7.62. The van der Waals surface area contributed by atoms with Gasteiger partial charge in [0, 0.05) is 30.2 Å². The van der Waals surface area contributed by atoms with E-state index in [0.717, 1.165) is 35.8 Å². The lowest BCUT2D eigenvalue weighted by Gasteiger charge is -2.24. The molecule has 1 aliphatic heterocycles. The zero-order chi connectivity index (χ0) is 17.3. The van der Waals surface area contributed by atoms with E-state index in [1.165, 1.54) is 0 Å². The molecule has 2 aromatic rings. The molecule has 1 aromatic carbocycles. The molecule has 0 saturated heterocycles. The van der Waals surface area contributed by atoms with Gasteiger partial charge in [-0.25, -0.2) is 4.68 Å². The van der Waals surface area contributed by atoms with Crippen LogP contribution in [0.25, 0.3) is 0 Å². The topological polar surface area (TPSA) is 56.6 Å². The van der Waals surface area contributed by atoms with E-state index in [0.29, 0.717) is 12.3 Å². The highest BCUT2D eigenvalue weighted by Gasteiger charge is 2.29. The van der Waals surface area contributed by atoms with E-state index in [-0.39, 0.29) is 11.8 Å². The van der Waals surface area contributed by atoms with E-state index in [9.17, 15) is 4.79 Å². The minimum Gasteiger partial charge on any atom is -0.497 e. The van der Waals surface area contributed by atoms with Gasteiger partial charge in [0.2, 0.25) is 5.91 Å². The van der Waals surface area contributed by atoms with Crippen LogP contribution in [0.2, 0.25) is 0 Å². The van der Waals surface area contributed by atoms with E-state index in [1.807, 2.05) is 47.7 Å². The van der Waals surface area contributed by atoms with E-state index >= 15 is 0 Å². The summed E-state index contributed by atoms with van der Waals surface area (Å²) in [4.78, 5) is 14.7. The molecule has 6 nitrogen and oxygen atoms in total. The van der Waals surface area contributed by atoms with Crippen LogP contribution in [-0.4, -0.2) is 29.9 Å². The molecule has 0 radical (unpaired) electrons. The third-order valence-electron chi connectivity index (χ3n) is 4.44. The summed E-state index contributed by atoms with van der Waals surface area (Å²) < 4.78 is 12.6. The van der Waals surface area contributed by atoms with Crippen LogP contribution >= 0.6 is 0 Å². The molecule has 24 heavy (non-hydrogen) atoms. The van der Waals surface area contributed by atoms with Gasteiger partial charge in [0.25, 0.3) is 0 Å². The zero-order valence-electron chi connectivity index (χ0n) is 14.6. The number of benzene rings is 1.